The van der Waals surface area contributed by atoms with Crippen molar-refractivity contribution in [3.8, 4) is 0 Å². The quantitative estimate of drug-likeness (QED) is 0.771. The molecule has 0 aromatic rings. The smallest absolute Gasteiger partial charge is 0.226 e. The molecule has 2 unspecified atom stereocenters. The highest BCUT2D eigenvalue weighted by Gasteiger charge is 2.52. The molecule has 0 radical (unpaired) electrons. The van der Waals surface area contributed by atoms with Gasteiger partial charge < -0.3 is 16.0 Å². The normalized spacial score (nSPS) is 28.9. The number of hydrogen-bond donors (Lipinski definition) is 2. The van der Waals surface area contributed by atoms with Crippen LogP contribution in [0.5, 0.6) is 0 Å². The van der Waals surface area contributed by atoms with E-state index in [1.54, 1.807) is 0 Å². The van der Waals surface area contributed by atoms with E-state index >= 15 is 0 Å². The molecular weight excluding hydrogens is 242 g/mol. The van der Waals surface area contributed by atoms with Gasteiger partial charge in [-0.05, 0) is 24.7 Å². The first kappa shape index (κ1) is 14.3. The molecule has 1 heterocycles. The Kier molecular flexibility index (Phi) is 4.13. The SMILES string of the molecule is CC1(C)CC1C(=O)N1CCCC(C(=O)NCCN)C1. The summed E-state index contributed by atoms with van der Waals surface area (Å²) in [6, 6.07) is 0. The van der Waals surface area contributed by atoms with Crippen molar-refractivity contribution in [2.24, 2.45) is 23.0 Å². The lowest BCUT2D eigenvalue weighted by Gasteiger charge is -2.32. The van der Waals surface area contributed by atoms with Crippen LogP contribution in [0.2, 0.25) is 0 Å². The second-order valence-electron chi connectivity index (χ2n) is 6.45. The van der Waals surface area contributed by atoms with Crippen LogP contribution in [0.15, 0.2) is 0 Å². The fourth-order valence-electron chi connectivity index (χ4n) is 2.84. The highest BCUT2D eigenvalue weighted by Crippen LogP contribution is 2.52. The van der Waals surface area contributed by atoms with Crippen molar-refractivity contribution in [1.29, 1.82) is 0 Å². The maximum absolute atomic E-state index is 12.3. The van der Waals surface area contributed by atoms with E-state index in [0.717, 1.165) is 25.8 Å². The third-order valence-corrected chi connectivity index (χ3v) is 4.36. The van der Waals surface area contributed by atoms with Crippen LogP contribution in [-0.4, -0.2) is 42.9 Å². The summed E-state index contributed by atoms with van der Waals surface area (Å²) < 4.78 is 0. The predicted octanol–water partition coefficient (Wildman–Crippen LogP) is 0.346. The molecule has 2 rings (SSSR count). The third-order valence-electron chi connectivity index (χ3n) is 4.36. The van der Waals surface area contributed by atoms with E-state index in [9.17, 15) is 9.59 Å². The fourth-order valence-corrected chi connectivity index (χ4v) is 2.84. The molecule has 2 atom stereocenters. The molecular formula is C14H25N3O2. The van der Waals surface area contributed by atoms with E-state index in [2.05, 4.69) is 19.2 Å². The Morgan fingerprint density at radius 1 is 1.42 bits per heavy atom. The molecule has 0 aromatic heterocycles. The van der Waals surface area contributed by atoms with Crippen molar-refractivity contribution in [2.75, 3.05) is 26.2 Å². The zero-order valence-electron chi connectivity index (χ0n) is 11.9. The first-order valence-corrected chi connectivity index (χ1v) is 7.22. The lowest BCUT2D eigenvalue weighted by Crippen LogP contribution is -2.46. The van der Waals surface area contributed by atoms with Crippen LogP contribution in [0, 0.1) is 17.3 Å². The zero-order valence-corrected chi connectivity index (χ0v) is 11.9. The van der Waals surface area contributed by atoms with Gasteiger partial charge in [0, 0.05) is 32.1 Å². The molecule has 0 aromatic carbocycles. The van der Waals surface area contributed by atoms with Gasteiger partial charge in [-0.1, -0.05) is 13.8 Å². The molecule has 1 aliphatic carbocycles. The molecule has 1 aliphatic heterocycles. The number of carbonyl (C=O) groups is 2. The minimum absolute atomic E-state index is 0.0398. The summed E-state index contributed by atoms with van der Waals surface area (Å²) in [5.74, 6) is 0.379. The average Bonchev–Trinajstić information content (AvgIpc) is 3.04. The van der Waals surface area contributed by atoms with Gasteiger partial charge in [0.05, 0.1) is 5.92 Å². The van der Waals surface area contributed by atoms with E-state index < -0.39 is 0 Å². The molecule has 2 fully saturated rings. The zero-order chi connectivity index (χ0) is 14.0. The Labute approximate surface area is 114 Å². The molecule has 5 heteroatoms. The van der Waals surface area contributed by atoms with Crippen molar-refractivity contribution >= 4 is 11.8 Å². The molecule has 2 amide bonds. The summed E-state index contributed by atoms with van der Waals surface area (Å²) in [5, 5.41) is 2.82. The van der Waals surface area contributed by atoms with Gasteiger partial charge in [-0.3, -0.25) is 9.59 Å². The van der Waals surface area contributed by atoms with Gasteiger partial charge in [-0.15, -0.1) is 0 Å². The Bertz CT molecular complexity index is 368. The number of likely N-dealkylation sites (tertiary alicyclic amines) is 1. The van der Waals surface area contributed by atoms with E-state index in [4.69, 9.17) is 5.73 Å². The minimum Gasteiger partial charge on any atom is -0.355 e. The largest absolute Gasteiger partial charge is 0.355 e. The maximum Gasteiger partial charge on any atom is 0.226 e. The Balaban J connectivity index is 1.87. The monoisotopic (exact) mass is 267 g/mol. The van der Waals surface area contributed by atoms with Crippen molar-refractivity contribution < 1.29 is 9.59 Å². The van der Waals surface area contributed by atoms with Crippen LogP contribution >= 0.6 is 0 Å². The number of nitrogens with one attached hydrogen (secondary N) is 1. The lowest BCUT2D eigenvalue weighted by atomic mass is 9.96. The van der Waals surface area contributed by atoms with Crippen LogP contribution in [0.3, 0.4) is 0 Å². The van der Waals surface area contributed by atoms with Gasteiger partial charge in [-0.25, -0.2) is 0 Å². The van der Waals surface area contributed by atoms with Crippen molar-refractivity contribution in [3.05, 3.63) is 0 Å². The number of carbonyl (C=O) groups excluding carboxylic acids is 2. The van der Waals surface area contributed by atoms with Crippen molar-refractivity contribution in [2.45, 2.75) is 33.1 Å². The number of rotatable bonds is 4. The van der Waals surface area contributed by atoms with Gasteiger partial charge in [-0.2, -0.15) is 0 Å². The first-order chi connectivity index (χ1) is 8.95. The van der Waals surface area contributed by atoms with Crippen LogP contribution in [0.1, 0.15) is 33.1 Å². The molecule has 108 valence electrons. The summed E-state index contributed by atoms with van der Waals surface area (Å²) in [7, 11) is 0. The molecule has 19 heavy (non-hydrogen) atoms. The maximum atomic E-state index is 12.3. The summed E-state index contributed by atoms with van der Waals surface area (Å²) in [4.78, 5) is 26.2. The minimum atomic E-state index is -0.0638. The van der Waals surface area contributed by atoms with Gasteiger partial charge in [0.2, 0.25) is 11.8 Å². The topological polar surface area (TPSA) is 75.4 Å². The van der Waals surface area contributed by atoms with Gasteiger partial charge >= 0.3 is 0 Å². The Morgan fingerprint density at radius 3 is 2.68 bits per heavy atom. The molecule has 1 saturated carbocycles. The molecule has 2 aliphatic rings. The molecule has 1 saturated heterocycles. The van der Waals surface area contributed by atoms with Crippen LogP contribution in [-0.2, 0) is 9.59 Å². The summed E-state index contributed by atoms with van der Waals surface area (Å²) in [6.07, 6.45) is 2.76. The van der Waals surface area contributed by atoms with Gasteiger partial charge in [0.15, 0.2) is 0 Å². The lowest BCUT2D eigenvalue weighted by molar-refractivity contribution is -0.137. The Hall–Kier alpha value is -1.10. The van der Waals surface area contributed by atoms with E-state index in [1.165, 1.54) is 0 Å². The summed E-state index contributed by atoms with van der Waals surface area (Å²) >= 11 is 0. The number of hydrogen-bond acceptors (Lipinski definition) is 3. The second-order valence-corrected chi connectivity index (χ2v) is 6.45. The molecule has 0 bridgehead atoms. The predicted molar refractivity (Wildman–Crippen MR) is 73.3 cm³/mol. The van der Waals surface area contributed by atoms with E-state index in [-0.39, 0.29) is 29.1 Å². The highest BCUT2D eigenvalue weighted by molar-refractivity contribution is 5.84. The van der Waals surface area contributed by atoms with Gasteiger partial charge in [0.25, 0.3) is 0 Å². The number of piperidine rings is 1. The standard InChI is InChI=1S/C14H25N3O2/c1-14(2)8-11(14)13(19)17-7-3-4-10(9-17)12(18)16-6-5-15/h10-11H,3-9,15H2,1-2H3,(H,16,18). The molecule has 0 spiro atoms. The van der Waals surface area contributed by atoms with E-state index in [0.29, 0.717) is 19.6 Å². The number of nitrogens with zero attached hydrogens (tertiary/aromatic N) is 1. The number of amides is 2. The fraction of sp³-hybridized carbons (Fsp3) is 0.857. The third kappa shape index (κ3) is 3.26. The van der Waals surface area contributed by atoms with E-state index in [1.807, 2.05) is 4.90 Å². The van der Waals surface area contributed by atoms with Crippen molar-refractivity contribution in [1.82, 2.24) is 10.2 Å². The average molecular weight is 267 g/mol. The molecule has 3 N–H and O–H groups in total. The Morgan fingerprint density at radius 2 is 2.11 bits per heavy atom. The number of nitrogens with two attached hydrogens (primary N) is 1. The van der Waals surface area contributed by atoms with Gasteiger partial charge in [0.1, 0.15) is 0 Å². The summed E-state index contributed by atoms with van der Waals surface area (Å²) in [6.45, 7) is 6.60. The highest BCUT2D eigenvalue weighted by atomic mass is 16.2. The van der Waals surface area contributed by atoms with Crippen LogP contribution in [0.25, 0.3) is 0 Å². The second kappa shape index (κ2) is 5.49. The van der Waals surface area contributed by atoms with Crippen molar-refractivity contribution in [3.63, 3.8) is 0 Å². The van der Waals surface area contributed by atoms with Crippen LogP contribution in [0.4, 0.5) is 0 Å². The van der Waals surface area contributed by atoms with Crippen LogP contribution < -0.4 is 11.1 Å². The first-order valence-electron chi connectivity index (χ1n) is 7.22. The summed E-state index contributed by atoms with van der Waals surface area (Å²) in [5.41, 5.74) is 5.54. The molecule has 5 nitrogen and oxygen atoms in total.